The van der Waals surface area contributed by atoms with Crippen LogP contribution in [0.25, 0.3) is 11.1 Å². The number of aromatic nitrogens is 1. The van der Waals surface area contributed by atoms with E-state index >= 15 is 0 Å². The number of piperidine rings is 1. The van der Waals surface area contributed by atoms with Gasteiger partial charge in [0.15, 0.2) is 5.58 Å². The zero-order chi connectivity index (χ0) is 14.1. The van der Waals surface area contributed by atoms with Gasteiger partial charge < -0.3 is 14.6 Å². The van der Waals surface area contributed by atoms with Crippen molar-refractivity contribution < 1.29 is 9.34 Å². The van der Waals surface area contributed by atoms with Crippen LogP contribution in [0.3, 0.4) is 0 Å². The third kappa shape index (κ3) is 3.08. The van der Waals surface area contributed by atoms with Crippen LogP contribution in [0.15, 0.2) is 22.6 Å². The molecule has 7 nitrogen and oxygen atoms in total. The fraction of sp³-hybridized carbons (Fsp3) is 0.462. The van der Waals surface area contributed by atoms with Gasteiger partial charge in [0.05, 0.1) is 4.92 Å². The van der Waals surface area contributed by atoms with Gasteiger partial charge in [-0.2, -0.15) is 4.98 Å². The standard InChI is InChI=1S/C13H16N4O3.ClH/c1-16(10-3-2-6-14-8-10)13-15-11-7-9(17(18)19)4-5-12(11)20-13;/h4-5,7,10,14H,2-3,6,8H2,1H3;1H. The molecule has 0 amide bonds. The van der Waals surface area contributed by atoms with Gasteiger partial charge in [-0.25, -0.2) is 0 Å². The van der Waals surface area contributed by atoms with Crippen molar-refractivity contribution in [2.24, 2.45) is 0 Å². The molecule has 1 aromatic carbocycles. The van der Waals surface area contributed by atoms with Crippen molar-refractivity contribution in [1.82, 2.24) is 10.3 Å². The molecule has 1 unspecified atom stereocenters. The first-order valence-electron chi connectivity index (χ1n) is 6.63. The first-order valence-corrected chi connectivity index (χ1v) is 6.63. The van der Waals surface area contributed by atoms with E-state index in [-0.39, 0.29) is 18.1 Å². The normalized spacial score (nSPS) is 18.2. The van der Waals surface area contributed by atoms with Gasteiger partial charge in [-0.3, -0.25) is 10.1 Å². The van der Waals surface area contributed by atoms with E-state index in [0.717, 1.165) is 25.9 Å². The highest BCUT2D eigenvalue weighted by Crippen LogP contribution is 2.26. The molecule has 2 aromatic rings. The molecule has 1 fully saturated rings. The maximum atomic E-state index is 10.8. The van der Waals surface area contributed by atoms with Crippen LogP contribution in [0.4, 0.5) is 11.7 Å². The summed E-state index contributed by atoms with van der Waals surface area (Å²) in [5.74, 6) is 0. The number of non-ortho nitro benzene ring substituents is 1. The number of nitro benzene ring substituents is 1. The van der Waals surface area contributed by atoms with Gasteiger partial charge in [-0.15, -0.1) is 12.4 Å². The van der Waals surface area contributed by atoms with Crippen molar-refractivity contribution in [3.05, 3.63) is 28.3 Å². The predicted octanol–water partition coefficient (Wildman–Crippen LogP) is 2.35. The van der Waals surface area contributed by atoms with Crippen molar-refractivity contribution in [1.29, 1.82) is 0 Å². The predicted molar refractivity (Wildman–Crippen MR) is 82.2 cm³/mol. The quantitative estimate of drug-likeness (QED) is 0.691. The molecule has 114 valence electrons. The van der Waals surface area contributed by atoms with Crippen LogP contribution in [-0.4, -0.2) is 36.1 Å². The smallest absolute Gasteiger partial charge is 0.298 e. The molecule has 1 aromatic heterocycles. The number of likely N-dealkylation sites (N-methyl/N-ethyl adjacent to an activating group) is 1. The van der Waals surface area contributed by atoms with E-state index in [9.17, 15) is 10.1 Å². The zero-order valence-electron chi connectivity index (χ0n) is 11.6. The second-order valence-electron chi connectivity index (χ2n) is 5.02. The number of oxazole rings is 1. The van der Waals surface area contributed by atoms with E-state index in [1.807, 2.05) is 11.9 Å². The summed E-state index contributed by atoms with van der Waals surface area (Å²) in [6.07, 6.45) is 2.21. The van der Waals surface area contributed by atoms with Gasteiger partial charge in [0.2, 0.25) is 0 Å². The lowest BCUT2D eigenvalue weighted by Gasteiger charge is -2.30. The molecule has 1 atom stereocenters. The molecular weight excluding hydrogens is 296 g/mol. The van der Waals surface area contributed by atoms with Crippen LogP contribution in [-0.2, 0) is 0 Å². The Hall–Kier alpha value is -1.86. The molecule has 1 N–H and O–H groups in total. The topological polar surface area (TPSA) is 84.4 Å². The second kappa shape index (κ2) is 6.28. The summed E-state index contributed by atoms with van der Waals surface area (Å²) in [4.78, 5) is 16.7. The summed E-state index contributed by atoms with van der Waals surface area (Å²) in [6, 6.07) is 5.31. The second-order valence-corrected chi connectivity index (χ2v) is 5.02. The van der Waals surface area contributed by atoms with Crippen molar-refractivity contribution in [2.45, 2.75) is 18.9 Å². The summed E-state index contributed by atoms with van der Waals surface area (Å²) >= 11 is 0. The largest absolute Gasteiger partial charge is 0.423 e. The van der Waals surface area contributed by atoms with Crippen LogP contribution < -0.4 is 10.2 Å². The van der Waals surface area contributed by atoms with E-state index in [4.69, 9.17) is 4.42 Å². The lowest BCUT2D eigenvalue weighted by molar-refractivity contribution is -0.384. The number of nitrogens with zero attached hydrogens (tertiary/aromatic N) is 3. The summed E-state index contributed by atoms with van der Waals surface area (Å²) in [5, 5.41) is 14.1. The Labute approximate surface area is 127 Å². The van der Waals surface area contributed by atoms with Crippen molar-refractivity contribution in [2.75, 3.05) is 25.0 Å². The lowest BCUT2D eigenvalue weighted by atomic mass is 10.1. The molecule has 21 heavy (non-hydrogen) atoms. The number of fused-ring (bicyclic) bond motifs is 1. The monoisotopic (exact) mass is 312 g/mol. The van der Waals surface area contributed by atoms with E-state index in [0.29, 0.717) is 23.2 Å². The fourth-order valence-corrected chi connectivity index (χ4v) is 2.49. The van der Waals surface area contributed by atoms with Crippen molar-refractivity contribution in [3.8, 4) is 0 Å². The minimum absolute atomic E-state index is 0. The molecule has 0 radical (unpaired) electrons. The van der Waals surface area contributed by atoms with Gasteiger partial charge in [-0.05, 0) is 25.5 Å². The minimum Gasteiger partial charge on any atom is -0.423 e. The number of nitro groups is 1. The Bertz CT molecular complexity index is 639. The van der Waals surface area contributed by atoms with Crippen molar-refractivity contribution >= 4 is 35.2 Å². The number of rotatable bonds is 3. The van der Waals surface area contributed by atoms with Gasteiger partial charge in [-0.1, -0.05) is 0 Å². The molecule has 0 aliphatic carbocycles. The van der Waals surface area contributed by atoms with Crippen LogP contribution in [0.1, 0.15) is 12.8 Å². The highest BCUT2D eigenvalue weighted by atomic mass is 35.5. The average Bonchev–Trinajstić information content (AvgIpc) is 2.90. The summed E-state index contributed by atoms with van der Waals surface area (Å²) < 4.78 is 5.68. The lowest BCUT2D eigenvalue weighted by Crippen LogP contribution is -2.44. The van der Waals surface area contributed by atoms with Gasteiger partial charge in [0.25, 0.3) is 11.7 Å². The Morgan fingerprint density at radius 2 is 2.33 bits per heavy atom. The molecule has 0 saturated carbocycles. The Balaban J connectivity index is 0.00000161. The van der Waals surface area contributed by atoms with E-state index in [1.54, 1.807) is 6.07 Å². The molecule has 1 saturated heterocycles. The highest BCUT2D eigenvalue weighted by Gasteiger charge is 2.22. The maximum Gasteiger partial charge on any atom is 0.298 e. The zero-order valence-corrected chi connectivity index (χ0v) is 12.4. The van der Waals surface area contributed by atoms with Crippen LogP contribution in [0.2, 0.25) is 0 Å². The summed E-state index contributed by atoms with van der Waals surface area (Å²) in [6.45, 7) is 1.94. The number of nitrogens with one attached hydrogen (secondary N) is 1. The number of anilines is 1. The minimum atomic E-state index is -0.428. The maximum absolute atomic E-state index is 10.8. The molecule has 8 heteroatoms. The third-order valence-corrected chi connectivity index (χ3v) is 3.69. The molecule has 0 bridgehead atoms. The number of benzene rings is 1. The average molecular weight is 313 g/mol. The third-order valence-electron chi connectivity index (χ3n) is 3.69. The molecule has 2 heterocycles. The number of hydrogen-bond acceptors (Lipinski definition) is 6. The fourth-order valence-electron chi connectivity index (χ4n) is 2.49. The Morgan fingerprint density at radius 3 is 3.00 bits per heavy atom. The highest BCUT2D eigenvalue weighted by molar-refractivity contribution is 5.85. The molecule has 0 spiro atoms. The SMILES string of the molecule is CN(c1nc2cc([N+](=O)[O-])ccc2o1)C1CCCNC1.Cl. The summed E-state index contributed by atoms with van der Waals surface area (Å²) in [5.41, 5.74) is 1.12. The number of hydrogen-bond donors (Lipinski definition) is 1. The van der Waals surface area contributed by atoms with E-state index in [1.165, 1.54) is 12.1 Å². The molecule has 1 aliphatic heterocycles. The van der Waals surface area contributed by atoms with Crippen molar-refractivity contribution in [3.63, 3.8) is 0 Å². The van der Waals surface area contributed by atoms with E-state index < -0.39 is 4.92 Å². The first kappa shape index (κ1) is 15.5. The van der Waals surface area contributed by atoms with Gasteiger partial charge in [0.1, 0.15) is 5.52 Å². The van der Waals surface area contributed by atoms with Crippen LogP contribution in [0.5, 0.6) is 0 Å². The summed E-state index contributed by atoms with van der Waals surface area (Å²) in [7, 11) is 1.94. The first-order chi connectivity index (χ1) is 9.65. The molecule has 3 rings (SSSR count). The van der Waals surface area contributed by atoms with Gasteiger partial charge in [0, 0.05) is 31.8 Å². The van der Waals surface area contributed by atoms with Crippen LogP contribution in [0, 0.1) is 10.1 Å². The van der Waals surface area contributed by atoms with E-state index in [2.05, 4.69) is 10.3 Å². The van der Waals surface area contributed by atoms with Gasteiger partial charge >= 0.3 is 0 Å². The molecule has 1 aliphatic rings. The Morgan fingerprint density at radius 1 is 1.52 bits per heavy atom. The van der Waals surface area contributed by atoms with Crippen LogP contribution >= 0.6 is 12.4 Å². The number of halogens is 1. The molecular formula is C13H17ClN4O3. The Kier molecular flexibility index (Phi) is 4.64.